The average Bonchev–Trinajstić information content (AvgIpc) is 2.69. The number of nitrogens with one attached hydrogen (secondary N) is 1. The molecule has 1 N–H and O–H groups in total. The number of aryl methyl sites for hydroxylation is 1. The first kappa shape index (κ1) is 10.5. The van der Waals surface area contributed by atoms with Gasteiger partial charge in [0.1, 0.15) is 11.9 Å². The SMILES string of the molecule is CNC1CCCC1Oc1ccccc1C. The second-order valence-electron chi connectivity index (χ2n) is 4.25. The molecule has 1 aliphatic rings. The van der Waals surface area contributed by atoms with Gasteiger partial charge >= 0.3 is 0 Å². The van der Waals surface area contributed by atoms with Crippen molar-refractivity contribution in [3.8, 4) is 5.75 Å². The van der Waals surface area contributed by atoms with Gasteiger partial charge in [0.15, 0.2) is 0 Å². The molecule has 0 bridgehead atoms. The van der Waals surface area contributed by atoms with Crippen molar-refractivity contribution < 1.29 is 4.74 Å². The van der Waals surface area contributed by atoms with Crippen molar-refractivity contribution in [1.82, 2.24) is 5.32 Å². The van der Waals surface area contributed by atoms with Gasteiger partial charge in [0.2, 0.25) is 0 Å². The minimum atomic E-state index is 0.344. The van der Waals surface area contributed by atoms with Crippen molar-refractivity contribution in [3.63, 3.8) is 0 Å². The maximum absolute atomic E-state index is 6.05. The number of hydrogen-bond donors (Lipinski definition) is 1. The first-order chi connectivity index (χ1) is 7.31. The third-order valence-corrected chi connectivity index (χ3v) is 3.20. The van der Waals surface area contributed by atoms with Crippen molar-refractivity contribution in [1.29, 1.82) is 0 Å². The van der Waals surface area contributed by atoms with Gasteiger partial charge in [0.25, 0.3) is 0 Å². The Kier molecular flexibility index (Phi) is 3.27. The van der Waals surface area contributed by atoms with E-state index >= 15 is 0 Å². The number of likely N-dealkylation sites (N-methyl/N-ethyl adjacent to an activating group) is 1. The minimum absolute atomic E-state index is 0.344. The smallest absolute Gasteiger partial charge is 0.122 e. The molecule has 1 fully saturated rings. The molecule has 1 saturated carbocycles. The highest BCUT2D eigenvalue weighted by atomic mass is 16.5. The first-order valence-corrected chi connectivity index (χ1v) is 5.71. The van der Waals surface area contributed by atoms with E-state index in [9.17, 15) is 0 Å². The second kappa shape index (κ2) is 4.67. The molecule has 15 heavy (non-hydrogen) atoms. The fourth-order valence-electron chi connectivity index (χ4n) is 2.25. The Bertz CT molecular complexity index is 324. The van der Waals surface area contributed by atoms with Crippen LogP contribution in [-0.2, 0) is 0 Å². The molecule has 0 aromatic heterocycles. The van der Waals surface area contributed by atoms with E-state index < -0.39 is 0 Å². The monoisotopic (exact) mass is 205 g/mol. The van der Waals surface area contributed by atoms with Gasteiger partial charge in [0, 0.05) is 6.04 Å². The van der Waals surface area contributed by atoms with Gasteiger partial charge in [-0.3, -0.25) is 0 Å². The van der Waals surface area contributed by atoms with Gasteiger partial charge in [-0.25, -0.2) is 0 Å². The van der Waals surface area contributed by atoms with Crippen LogP contribution in [0.25, 0.3) is 0 Å². The van der Waals surface area contributed by atoms with Crippen LogP contribution in [0.4, 0.5) is 0 Å². The van der Waals surface area contributed by atoms with E-state index in [2.05, 4.69) is 24.4 Å². The van der Waals surface area contributed by atoms with Crippen molar-refractivity contribution in [3.05, 3.63) is 29.8 Å². The summed E-state index contributed by atoms with van der Waals surface area (Å²) in [6.45, 7) is 2.10. The van der Waals surface area contributed by atoms with E-state index in [1.807, 2.05) is 19.2 Å². The summed E-state index contributed by atoms with van der Waals surface area (Å²) in [5.74, 6) is 1.03. The largest absolute Gasteiger partial charge is 0.489 e. The predicted molar refractivity (Wildman–Crippen MR) is 62.3 cm³/mol. The van der Waals surface area contributed by atoms with Crippen LogP contribution in [0, 0.1) is 6.92 Å². The third kappa shape index (κ3) is 2.32. The number of benzene rings is 1. The second-order valence-corrected chi connectivity index (χ2v) is 4.25. The van der Waals surface area contributed by atoms with Crippen LogP contribution < -0.4 is 10.1 Å². The highest BCUT2D eigenvalue weighted by Crippen LogP contribution is 2.26. The van der Waals surface area contributed by atoms with Gasteiger partial charge in [0.05, 0.1) is 0 Å². The van der Waals surface area contributed by atoms with E-state index in [4.69, 9.17) is 4.74 Å². The van der Waals surface area contributed by atoms with Crippen LogP contribution in [0.2, 0.25) is 0 Å². The molecule has 0 radical (unpaired) electrons. The van der Waals surface area contributed by atoms with Crippen LogP contribution in [0.5, 0.6) is 5.75 Å². The van der Waals surface area contributed by atoms with Crippen molar-refractivity contribution in [2.75, 3.05) is 7.05 Å². The summed E-state index contributed by atoms with van der Waals surface area (Å²) < 4.78 is 6.05. The molecule has 0 saturated heterocycles. The molecule has 0 aliphatic heterocycles. The molecule has 1 aromatic carbocycles. The summed E-state index contributed by atoms with van der Waals surface area (Å²) in [6, 6.07) is 8.75. The number of rotatable bonds is 3. The molecular weight excluding hydrogens is 186 g/mol. The van der Waals surface area contributed by atoms with Crippen LogP contribution >= 0.6 is 0 Å². The number of ether oxygens (including phenoxy) is 1. The molecular formula is C13H19NO. The van der Waals surface area contributed by atoms with Crippen LogP contribution in [-0.4, -0.2) is 19.2 Å². The summed E-state index contributed by atoms with van der Waals surface area (Å²) in [7, 11) is 2.02. The highest BCUT2D eigenvalue weighted by Gasteiger charge is 2.27. The van der Waals surface area contributed by atoms with Crippen molar-refractivity contribution in [2.24, 2.45) is 0 Å². The first-order valence-electron chi connectivity index (χ1n) is 5.71. The van der Waals surface area contributed by atoms with Crippen LogP contribution in [0.1, 0.15) is 24.8 Å². The van der Waals surface area contributed by atoms with Gasteiger partial charge < -0.3 is 10.1 Å². The van der Waals surface area contributed by atoms with Crippen LogP contribution in [0.15, 0.2) is 24.3 Å². The van der Waals surface area contributed by atoms with Crippen molar-refractivity contribution in [2.45, 2.75) is 38.3 Å². The van der Waals surface area contributed by atoms with Crippen LogP contribution in [0.3, 0.4) is 0 Å². The Morgan fingerprint density at radius 1 is 1.27 bits per heavy atom. The van der Waals surface area contributed by atoms with Gasteiger partial charge in [-0.15, -0.1) is 0 Å². The standard InChI is InChI=1S/C13H19NO/c1-10-6-3-4-8-12(10)15-13-9-5-7-11(13)14-2/h3-4,6,8,11,13-14H,5,7,9H2,1-2H3. The predicted octanol–water partition coefficient (Wildman–Crippen LogP) is 2.51. The summed E-state index contributed by atoms with van der Waals surface area (Å²) in [6.07, 6.45) is 4.01. The van der Waals surface area contributed by atoms with E-state index in [-0.39, 0.29) is 0 Å². The zero-order valence-electron chi connectivity index (χ0n) is 9.49. The molecule has 0 heterocycles. The Hall–Kier alpha value is -1.02. The Morgan fingerprint density at radius 2 is 2.07 bits per heavy atom. The summed E-state index contributed by atoms with van der Waals surface area (Å²) in [5.41, 5.74) is 1.22. The molecule has 2 heteroatoms. The molecule has 2 unspecified atom stereocenters. The number of hydrogen-bond acceptors (Lipinski definition) is 2. The number of para-hydroxylation sites is 1. The maximum Gasteiger partial charge on any atom is 0.122 e. The lowest BCUT2D eigenvalue weighted by Crippen LogP contribution is -2.36. The van der Waals surface area contributed by atoms with E-state index in [0.717, 1.165) is 5.75 Å². The molecule has 0 amide bonds. The zero-order valence-corrected chi connectivity index (χ0v) is 9.49. The molecule has 0 spiro atoms. The average molecular weight is 205 g/mol. The van der Waals surface area contributed by atoms with Gasteiger partial charge in [-0.05, 0) is 44.9 Å². The van der Waals surface area contributed by atoms with E-state index in [1.165, 1.54) is 24.8 Å². The summed E-state index contributed by atoms with van der Waals surface area (Å²) in [4.78, 5) is 0. The molecule has 82 valence electrons. The molecule has 1 aliphatic carbocycles. The topological polar surface area (TPSA) is 21.3 Å². The lowest BCUT2D eigenvalue weighted by atomic mass is 10.2. The van der Waals surface area contributed by atoms with E-state index in [0.29, 0.717) is 12.1 Å². The normalized spacial score (nSPS) is 25.5. The lowest BCUT2D eigenvalue weighted by molar-refractivity contribution is 0.178. The maximum atomic E-state index is 6.05. The molecule has 2 rings (SSSR count). The fraction of sp³-hybridized carbons (Fsp3) is 0.538. The van der Waals surface area contributed by atoms with E-state index in [1.54, 1.807) is 0 Å². The lowest BCUT2D eigenvalue weighted by Gasteiger charge is -2.21. The third-order valence-electron chi connectivity index (χ3n) is 3.20. The van der Waals surface area contributed by atoms with Crippen molar-refractivity contribution >= 4 is 0 Å². The molecule has 2 nitrogen and oxygen atoms in total. The Labute approximate surface area is 91.6 Å². The quantitative estimate of drug-likeness (QED) is 0.818. The molecule has 1 aromatic rings. The Balaban J connectivity index is 2.05. The van der Waals surface area contributed by atoms with Gasteiger partial charge in [-0.1, -0.05) is 18.2 Å². The summed E-state index contributed by atoms with van der Waals surface area (Å²) in [5, 5.41) is 3.33. The summed E-state index contributed by atoms with van der Waals surface area (Å²) >= 11 is 0. The minimum Gasteiger partial charge on any atom is -0.489 e. The molecule has 2 atom stereocenters. The fourth-order valence-corrected chi connectivity index (χ4v) is 2.25. The highest BCUT2D eigenvalue weighted by molar-refractivity contribution is 5.32. The zero-order chi connectivity index (χ0) is 10.7. The Morgan fingerprint density at radius 3 is 2.80 bits per heavy atom. The van der Waals surface area contributed by atoms with Gasteiger partial charge in [-0.2, -0.15) is 0 Å².